The molecule has 0 spiro atoms. The molecule has 5 heteroatoms. The van der Waals surface area contributed by atoms with Gasteiger partial charge in [-0.1, -0.05) is 23.7 Å². The molecule has 0 amide bonds. The number of thioether (sulfide) groups is 1. The monoisotopic (exact) mass is 285 g/mol. The van der Waals surface area contributed by atoms with E-state index in [1.807, 2.05) is 29.6 Å². The molecule has 1 aromatic carbocycles. The van der Waals surface area contributed by atoms with Gasteiger partial charge in [0.25, 0.3) is 0 Å². The number of aromatic nitrogens is 1. The normalized spacial score (nSPS) is 12.6. The quantitative estimate of drug-likeness (QED) is 0.857. The molecule has 17 heavy (non-hydrogen) atoms. The molecule has 90 valence electrons. The summed E-state index contributed by atoms with van der Waals surface area (Å²) >= 11 is 9.30. The highest BCUT2D eigenvalue weighted by atomic mass is 35.5. The first-order valence-electron chi connectivity index (χ1n) is 5.16. The summed E-state index contributed by atoms with van der Waals surface area (Å²) in [5, 5.41) is 13.1. The highest BCUT2D eigenvalue weighted by Crippen LogP contribution is 2.30. The first kappa shape index (κ1) is 12.9. The Balaban J connectivity index is 2.00. The average molecular weight is 286 g/mol. The van der Waals surface area contributed by atoms with E-state index in [0.717, 1.165) is 26.4 Å². The molecular formula is C12H12ClNOS2. The fourth-order valence-corrected chi connectivity index (χ4v) is 3.42. The lowest BCUT2D eigenvalue weighted by Crippen LogP contribution is -1.91. The SMILES string of the molecule is CC(O)c1csc(CSc2ccccc2Cl)n1. The third-order valence-electron chi connectivity index (χ3n) is 2.19. The Kier molecular flexibility index (Phi) is 4.45. The number of hydrogen-bond acceptors (Lipinski definition) is 4. The smallest absolute Gasteiger partial charge is 0.103 e. The maximum Gasteiger partial charge on any atom is 0.103 e. The Labute approximate surface area is 114 Å². The maximum absolute atomic E-state index is 9.38. The number of aliphatic hydroxyl groups excluding tert-OH is 1. The molecule has 2 nitrogen and oxygen atoms in total. The van der Waals surface area contributed by atoms with Crippen LogP contribution in [0.1, 0.15) is 23.7 Å². The number of aliphatic hydroxyl groups is 1. The van der Waals surface area contributed by atoms with Gasteiger partial charge < -0.3 is 5.11 Å². The van der Waals surface area contributed by atoms with Crippen LogP contribution in [0.3, 0.4) is 0 Å². The van der Waals surface area contributed by atoms with Gasteiger partial charge in [0.05, 0.1) is 22.6 Å². The van der Waals surface area contributed by atoms with Crippen LogP contribution in [0.15, 0.2) is 34.5 Å². The lowest BCUT2D eigenvalue weighted by molar-refractivity contribution is 0.195. The second-order valence-corrected chi connectivity index (χ2v) is 5.93. The number of nitrogens with zero attached hydrogens (tertiary/aromatic N) is 1. The molecule has 0 aliphatic heterocycles. The van der Waals surface area contributed by atoms with Gasteiger partial charge in [-0.3, -0.25) is 0 Å². The fourth-order valence-electron chi connectivity index (χ4n) is 1.28. The van der Waals surface area contributed by atoms with Crippen molar-refractivity contribution < 1.29 is 5.11 Å². The zero-order valence-corrected chi connectivity index (χ0v) is 11.6. The van der Waals surface area contributed by atoms with Crippen molar-refractivity contribution >= 4 is 34.7 Å². The molecule has 1 N–H and O–H groups in total. The Morgan fingerprint density at radius 2 is 2.24 bits per heavy atom. The summed E-state index contributed by atoms with van der Waals surface area (Å²) in [6.45, 7) is 1.72. The summed E-state index contributed by atoms with van der Waals surface area (Å²) in [4.78, 5) is 5.42. The van der Waals surface area contributed by atoms with Gasteiger partial charge in [0, 0.05) is 10.3 Å². The minimum Gasteiger partial charge on any atom is -0.387 e. The summed E-state index contributed by atoms with van der Waals surface area (Å²) in [6.07, 6.45) is -0.495. The van der Waals surface area contributed by atoms with Gasteiger partial charge in [0.2, 0.25) is 0 Å². The molecule has 0 fully saturated rings. The Morgan fingerprint density at radius 1 is 1.47 bits per heavy atom. The zero-order chi connectivity index (χ0) is 12.3. The molecule has 1 heterocycles. The Hall–Kier alpha value is -0.550. The number of hydrogen-bond donors (Lipinski definition) is 1. The van der Waals surface area contributed by atoms with Gasteiger partial charge in [-0.05, 0) is 19.1 Å². The highest BCUT2D eigenvalue weighted by Gasteiger charge is 2.08. The summed E-state index contributed by atoms with van der Waals surface area (Å²) in [7, 11) is 0. The van der Waals surface area contributed by atoms with Gasteiger partial charge in [0.1, 0.15) is 5.01 Å². The Morgan fingerprint density at radius 3 is 2.88 bits per heavy atom. The predicted molar refractivity (Wildman–Crippen MR) is 73.8 cm³/mol. The molecule has 0 saturated heterocycles. The van der Waals surface area contributed by atoms with Crippen molar-refractivity contribution in [3.63, 3.8) is 0 Å². The third kappa shape index (κ3) is 3.45. The number of benzene rings is 1. The van der Waals surface area contributed by atoms with Gasteiger partial charge >= 0.3 is 0 Å². The first-order chi connectivity index (χ1) is 8.16. The van der Waals surface area contributed by atoms with Crippen LogP contribution in [0.5, 0.6) is 0 Å². The molecule has 0 saturated carbocycles. The largest absolute Gasteiger partial charge is 0.387 e. The molecule has 1 atom stereocenters. The van der Waals surface area contributed by atoms with Crippen molar-refractivity contribution in [1.82, 2.24) is 4.98 Å². The van der Waals surface area contributed by atoms with Crippen molar-refractivity contribution in [1.29, 1.82) is 0 Å². The second-order valence-electron chi connectivity index (χ2n) is 3.56. The van der Waals surface area contributed by atoms with E-state index < -0.39 is 6.10 Å². The molecule has 1 unspecified atom stereocenters. The van der Waals surface area contributed by atoms with Crippen LogP contribution < -0.4 is 0 Å². The summed E-state index contributed by atoms with van der Waals surface area (Å²) in [5.41, 5.74) is 0.741. The van der Waals surface area contributed by atoms with E-state index in [0.29, 0.717) is 0 Å². The van der Waals surface area contributed by atoms with Gasteiger partial charge in [0.15, 0.2) is 0 Å². The van der Waals surface area contributed by atoms with E-state index in [2.05, 4.69) is 4.98 Å². The number of rotatable bonds is 4. The minimum atomic E-state index is -0.495. The van der Waals surface area contributed by atoms with E-state index in [1.54, 1.807) is 30.0 Å². The average Bonchev–Trinajstić information content (AvgIpc) is 2.77. The van der Waals surface area contributed by atoms with Crippen molar-refractivity contribution in [3.05, 3.63) is 45.4 Å². The summed E-state index contributed by atoms with van der Waals surface area (Å²) in [5.74, 6) is 0.779. The molecule has 0 aliphatic carbocycles. The molecule has 0 bridgehead atoms. The molecular weight excluding hydrogens is 274 g/mol. The van der Waals surface area contributed by atoms with E-state index in [1.165, 1.54) is 0 Å². The van der Waals surface area contributed by atoms with Crippen molar-refractivity contribution in [2.75, 3.05) is 0 Å². The van der Waals surface area contributed by atoms with E-state index >= 15 is 0 Å². The lowest BCUT2D eigenvalue weighted by Gasteiger charge is -2.01. The van der Waals surface area contributed by atoms with Crippen LogP contribution in [0.2, 0.25) is 5.02 Å². The summed E-state index contributed by atoms with van der Waals surface area (Å²) < 4.78 is 0. The van der Waals surface area contributed by atoms with Crippen LogP contribution in [0, 0.1) is 0 Å². The first-order valence-corrected chi connectivity index (χ1v) is 7.41. The lowest BCUT2D eigenvalue weighted by atomic mass is 10.3. The van der Waals surface area contributed by atoms with Crippen LogP contribution >= 0.6 is 34.7 Å². The van der Waals surface area contributed by atoms with Crippen LogP contribution in [-0.2, 0) is 5.75 Å². The van der Waals surface area contributed by atoms with Crippen LogP contribution in [0.25, 0.3) is 0 Å². The van der Waals surface area contributed by atoms with E-state index in [9.17, 15) is 5.11 Å². The third-order valence-corrected chi connectivity index (χ3v) is 4.76. The van der Waals surface area contributed by atoms with E-state index in [4.69, 9.17) is 11.6 Å². The predicted octanol–water partition coefficient (Wildman–Crippen LogP) is 4.14. The zero-order valence-electron chi connectivity index (χ0n) is 9.26. The molecule has 2 rings (SSSR count). The molecule has 1 aromatic heterocycles. The highest BCUT2D eigenvalue weighted by molar-refractivity contribution is 7.98. The van der Waals surface area contributed by atoms with Crippen LogP contribution in [-0.4, -0.2) is 10.1 Å². The van der Waals surface area contributed by atoms with Gasteiger partial charge in [-0.2, -0.15) is 0 Å². The number of thiazole rings is 1. The standard InChI is InChI=1S/C12H12ClNOS2/c1-8(15)10-6-17-12(14-10)7-16-11-5-3-2-4-9(11)13/h2-6,8,15H,7H2,1H3. The number of halogens is 1. The summed E-state index contributed by atoms with van der Waals surface area (Å²) in [6, 6.07) is 7.77. The fraction of sp³-hybridized carbons (Fsp3) is 0.250. The maximum atomic E-state index is 9.38. The Bertz CT molecular complexity index is 499. The van der Waals surface area contributed by atoms with Crippen molar-refractivity contribution in [2.45, 2.75) is 23.7 Å². The van der Waals surface area contributed by atoms with Gasteiger partial charge in [-0.15, -0.1) is 23.1 Å². The topological polar surface area (TPSA) is 33.1 Å². The van der Waals surface area contributed by atoms with Crippen LogP contribution in [0.4, 0.5) is 0 Å². The second kappa shape index (κ2) is 5.87. The van der Waals surface area contributed by atoms with Crippen molar-refractivity contribution in [2.24, 2.45) is 0 Å². The molecule has 0 radical (unpaired) electrons. The minimum absolute atomic E-state index is 0.495. The molecule has 2 aromatic rings. The molecule has 0 aliphatic rings. The van der Waals surface area contributed by atoms with E-state index in [-0.39, 0.29) is 0 Å². The van der Waals surface area contributed by atoms with Gasteiger partial charge in [-0.25, -0.2) is 4.98 Å². The van der Waals surface area contributed by atoms with Crippen molar-refractivity contribution in [3.8, 4) is 0 Å².